The van der Waals surface area contributed by atoms with Gasteiger partial charge in [0.25, 0.3) is 5.91 Å². The molecular weight excluding hydrogens is 322 g/mol. The van der Waals surface area contributed by atoms with Crippen molar-refractivity contribution in [3.05, 3.63) is 102 Å². The zero-order valence-corrected chi connectivity index (χ0v) is 14.2. The maximum atomic E-state index is 12.5. The van der Waals surface area contributed by atoms with E-state index in [9.17, 15) is 4.79 Å². The smallest absolute Gasteiger partial charge is 0.251 e. The van der Waals surface area contributed by atoms with Gasteiger partial charge in [0.1, 0.15) is 0 Å². The number of nitrogens with zero attached hydrogens (tertiary/aromatic N) is 1. The highest BCUT2D eigenvalue weighted by Gasteiger charge is 2.19. The number of carbonyl (C=O) groups excluding carboxylic acids is 1. The molecule has 1 atom stereocenters. The molecule has 0 saturated carbocycles. The summed E-state index contributed by atoms with van der Waals surface area (Å²) in [6, 6.07) is 21.9. The number of fused-ring (bicyclic) bond motifs is 1. The summed E-state index contributed by atoms with van der Waals surface area (Å²) >= 11 is 0. The minimum Gasteiger partial charge on any atom is -0.361 e. The average molecular weight is 341 g/mol. The molecule has 26 heavy (non-hydrogen) atoms. The third-order valence-corrected chi connectivity index (χ3v) is 4.61. The third kappa shape index (κ3) is 3.22. The Balaban J connectivity index is 1.65. The second-order valence-corrected chi connectivity index (χ2v) is 6.20. The van der Waals surface area contributed by atoms with Crippen LogP contribution in [0.25, 0.3) is 10.9 Å². The largest absolute Gasteiger partial charge is 0.361 e. The van der Waals surface area contributed by atoms with Gasteiger partial charge in [-0.25, -0.2) is 0 Å². The van der Waals surface area contributed by atoms with Crippen molar-refractivity contribution in [2.45, 2.75) is 5.92 Å². The fraction of sp³-hybridized carbons (Fsp3) is 0.0909. The predicted octanol–water partition coefficient (Wildman–Crippen LogP) is 4.12. The summed E-state index contributed by atoms with van der Waals surface area (Å²) in [6.45, 7) is 0.521. The summed E-state index contributed by atoms with van der Waals surface area (Å²) in [5.41, 5.74) is 4.07. The number of aromatic amines is 1. The molecule has 0 saturated heterocycles. The van der Waals surface area contributed by atoms with E-state index in [0.29, 0.717) is 12.1 Å². The van der Waals surface area contributed by atoms with Gasteiger partial charge < -0.3 is 10.3 Å². The lowest BCUT2D eigenvalue weighted by Gasteiger charge is -2.18. The molecule has 0 aliphatic carbocycles. The molecule has 4 nitrogen and oxygen atoms in total. The van der Waals surface area contributed by atoms with Crippen molar-refractivity contribution in [3.8, 4) is 0 Å². The molecule has 0 bridgehead atoms. The van der Waals surface area contributed by atoms with E-state index in [1.807, 2.05) is 36.5 Å². The van der Waals surface area contributed by atoms with Crippen molar-refractivity contribution in [3.63, 3.8) is 0 Å². The van der Waals surface area contributed by atoms with E-state index in [0.717, 1.165) is 5.52 Å². The summed E-state index contributed by atoms with van der Waals surface area (Å²) in [4.78, 5) is 19.8. The quantitative estimate of drug-likeness (QED) is 0.573. The molecule has 4 aromatic rings. The predicted molar refractivity (Wildman–Crippen MR) is 103 cm³/mol. The molecular formula is C22H19N3O. The Morgan fingerprint density at radius 3 is 2.50 bits per heavy atom. The molecule has 0 radical (unpaired) electrons. The van der Waals surface area contributed by atoms with Crippen LogP contribution in [-0.4, -0.2) is 22.4 Å². The Hall–Kier alpha value is -3.40. The minimum absolute atomic E-state index is 0.0677. The number of nitrogens with one attached hydrogen (secondary N) is 2. The Bertz CT molecular complexity index is 1010. The maximum Gasteiger partial charge on any atom is 0.251 e. The van der Waals surface area contributed by atoms with Gasteiger partial charge in [-0.3, -0.25) is 9.78 Å². The zero-order valence-electron chi connectivity index (χ0n) is 14.2. The minimum atomic E-state index is -0.0897. The van der Waals surface area contributed by atoms with Gasteiger partial charge >= 0.3 is 0 Å². The lowest BCUT2D eigenvalue weighted by atomic mass is 9.91. The fourth-order valence-corrected chi connectivity index (χ4v) is 3.28. The number of rotatable bonds is 5. The van der Waals surface area contributed by atoms with Crippen LogP contribution in [-0.2, 0) is 0 Å². The highest BCUT2D eigenvalue weighted by Crippen LogP contribution is 2.30. The van der Waals surface area contributed by atoms with Crippen LogP contribution < -0.4 is 5.32 Å². The van der Waals surface area contributed by atoms with E-state index < -0.39 is 0 Å². The highest BCUT2D eigenvalue weighted by molar-refractivity contribution is 5.94. The number of hydrogen-bond acceptors (Lipinski definition) is 2. The SMILES string of the molecule is O=C(NC[C@@H](c1ccccc1)c1c[nH]c2ccccc12)c1ccncc1. The van der Waals surface area contributed by atoms with E-state index >= 15 is 0 Å². The monoisotopic (exact) mass is 341 g/mol. The molecule has 4 rings (SSSR count). The Morgan fingerprint density at radius 2 is 1.69 bits per heavy atom. The Morgan fingerprint density at radius 1 is 0.962 bits per heavy atom. The van der Waals surface area contributed by atoms with Crippen molar-refractivity contribution in [1.29, 1.82) is 0 Å². The highest BCUT2D eigenvalue weighted by atomic mass is 16.1. The van der Waals surface area contributed by atoms with E-state index in [4.69, 9.17) is 0 Å². The Kier molecular flexibility index (Phi) is 4.48. The van der Waals surface area contributed by atoms with Crippen molar-refractivity contribution < 1.29 is 4.79 Å². The zero-order chi connectivity index (χ0) is 17.8. The summed E-state index contributed by atoms with van der Waals surface area (Å²) in [7, 11) is 0. The molecule has 0 aliphatic heterocycles. The molecule has 0 fully saturated rings. The van der Waals surface area contributed by atoms with Gasteiger partial charge in [0.05, 0.1) is 0 Å². The standard InChI is InChI=1S/C22H19N3O/c26-22(17-10-12-23-13-11-17)25-14-19(16-6-2-1-3-7-16)20-15-24-21-9-5-4-8-18(20)21/h1-13,15,19,24H,14H2,(H,25,26)/t19-/m0/s1. The van der Waals surface area contributed by atoms with Crippen LogP contribution in [0.2, 0.25) is 0 Å². The van der Waals surface area contributed by atoms with E-state index in [1.54, 1.807) is 24.5 Å². The molecule has 0 spiro atoms. The number of aromatic nitrogens is 2. The topological polar surface area (TPSA) is 57.8 Å². The number of carbonyl (C=O) groups is 1. The second-order valence-electron chi connectivity index (χ2n) is 6.20. The third-order valence-electron chi connectivity index (χ3n) is 4.61. The molecule has 2 heterocycles. The van der Waals surface area contributed by atoms with Crippen LogP contribution in [0.3, 0.4) is 0 Å². The molecule has 2 aromatic carbocycles. The first-order chi connectivity index (χ1) is 12.8. The van der Waals surface area contributed by atoms with Gasteiger partial charge in [-0.2, -0.15) is 0 Å². The number of benzene rings is 2. The number of pyridine rings is 1. The van der Waals surface area contributed by atoms with E-state index in [-0.39, 0.29) is 11.8 Å². The molecule has 1 amide bonds. The van der Waals surface area contributed by atoms with Crippen LogP contribution in [0.5, 0.6) is 0 Å². The average Bonchev–Trinajstić information content (AvgIpc) is 3.14. The van der Waals surface area contributed by atoms with Gasteiger partial charge in [0, 0.05) is 47.5 Å². The van der Waals surface area contributed by atoms with Crippen LogP contribution in [0.15, 0.2) is 85.3 Å². The normalized spacial score (nSPS) is 12.0. The first-order valence-corrected chi connectivity index (χ1v) is 8.62. The van der Waals surface area contributed by atoms with Gasteiger partial charge in [0.15, 0.2) is 0 Å². The van der Waals surface area contributed by atoms with Gasteiger partial charge in [-0.1, -0.05) is 48.5 Å². The van der Waals surface area contributed by atoms with Crippen molar-refractivity contribution >= 4 is 16.8 Å². The fourth-order valence-electron chi connectivity index (χ4n) is 3.28. The van der Waals surface area contributed by atoms with Crippen LogP contribution >= 0.6 is 0 Å². The maximum absolute atomic E-state index is 12.5. The van der Waals surface area contributed by atoms with Crippen molar-refractivity contribution in [2.24, 2.45) is 0 Å². The number of para-hydroxylation sites is 1. The lowest BCUT2D eigenvalue weighted by Crippen LogP contribution is -2.28. The van der Waals surface area contributed by atoms with Crippen LogP contribution in [0, 0.1) is 0 Å². The van der Waals surface area contributed by atoms with E-state index in [1.165, 1.54) is 16.5 Å². The Labute approximate surface area is 151 Å². The van der Waals surface area contributed by atoms with Crippen molar-refractivity contribution in [1.82, 2.24) is 15.3 Å². The molecule has 0 unspecified atom stereocenters. The first kappa shape index (κ1) is 16.1. The summed E-state index contributed by atoms with van der Waals surface area (Å²) in [5, 5.41) is 4.25. The summed E-state index contributed by atoms with van der Waals surface area (Å²) in [5.74, 6) is -0.0219. The van der Waals surface area contributed by atoms with Crippen molar-refractivity contribution in [2.75, 3.05) is 6.54 Å². The molecule has 2 N–H and O–H groups in total. The van der Waals surface area contributed by atoms with Gasteiger partial charge in [0.2, 0.25) is 0 Å². The van der Waals surface area contributed by atoms with Crippen LogP contribution in [0.4, 0.5) is 0 Å². The first-order valence-electron chi connectivity index (χ1n) is 8.62. The summed E-state index contributed by atoms with van der Waals surface area (Å²) < 4.78 is 0. The van der Waals surface area contributed by atoms with Gasteiger partial charge in [-0.05, 0) is 29.3 Å². The van der Waals surface area contributed by atoms with Crippen LogP contribution in [0.1, 0.15) is 27.4 Å². The number of hydrogen-bond donors (Lipinski definition) is 2. The summed E-state index contributed by atoms with van der Waals surface area (Å²) in [6.07, 6.45) is 5.30. The second kappa shape index (κ2) is 7.23. The lowest BCUT2D eigenvalue weighted by molar-refractivity contribution is 0.0952. The molecule has 2 aromatic heterocycles. The molecule has 128 valence electrons. The number of amides is 1. The molecule has 0 aliphatic rings. The van der Waals surface area contributed by atoms with Gasteiger partial charge in [-0.15, -0.1) is 0 Å². The number of H-pyrrole nitrogens is 1. The molecule has 4 heteroatoms. The van der Waals surface area contributed by atoms with E-state index in [2.05, 4.69) is 39.6 Å².